The lowest BCUT2D eigenvalue weighted by Gasteiger charge is -2.32. The highest BCUT2D eigenvalue weighted by Crippen LogP contribution is 2.25. The second-order valence-electron chi connectivity index (χ2n) is 7.37. The van der Waals surface area contributed by atoms with E-state index in [-0.39, 0.29) is 18.3 Å². The molecule has 3 nitrogen and oxygen atoms in total. The lowest BCUT2D eigenvalue weighted by Crippen LogP contribution is -2.38. The molecule has 146 valence electrons. The van der Waals surface area contributed by atoms with Gasteiger partial charge in [0.15, 0.2) is 5.78 Å². The van der Waals surface area contributed by atoms with Crippen molar-refractivity contribution < 1.29 is 9.90 Å². The number of halogens is 1. The van der Waals surface area contributed by atoms with Crippen molar-refractivity contribution in [3.8, 4) is 11.8 Å². The molecule has 1 saturated heterocycles. The molecule has 0 spiro atoms. The second kappa shape index (κ2) is 9.89. The van der Waals surface area contributed by atoms with Crippen LogP contribution in [0.1, 0.15) is 46.3 Å². The van der Waals surface area contributed by atoms with E-state index in [9.17, 15) is 4.79 Å². The van der Waals surface area contributed by atoms with Crippen molar-refractivity contribution >= 4 is 17.4 Å². The van der Waals surface area contributed by atoms with Crippen LogP contribution in [0.5, 0.6) is 0 Å². The van der Waals surface area contributed by atoms with Gasteiger partial charge in [0.1, 0.15) is 0 Å². The van der Waals surface area contributed by atoms with Crippen LogP contribution in [0.2, 0.25) is 5.02 Å². The van der Waals surface area contributed by atoms with E-state index in [2.05, 4.69) is 28.9 Å². The van der Waals surface area contributed by atoms with Crippen molar-refractivity contribution in [1.82, 2.24) is 4.90 Å². The van der Waals surface area contributed by atoms with Crippen LogP contribution in [0.25, 0.3) is 0 Å². The highest BCUT2D eigenvalue weighted by Gasteiger charge is 2.27. The lowest BCUT2D eigenvalue weighted by molar-refractivity contribution is 0.0811. The smallest absolute Gasteiger partial charge is 0.167 e. The Balaban J connectivity index is 1.62. The van der Waals surface area contributed by atoms with Crippen LogP contribution in [0, 0.1) is 24.7 Å². The van der Waals surface area contributed by atoms with Gasteiger partial charge in [-0.3, -0.25) is 9.69 Å². The minimum atomic E-state index is 0.0391. The average molecular weight is 396 g/mol. The zero-order chi connectivity index (χ0) is 19.9. The van der Waals surface area contributed by atoms with Crippen LogP contribution in [0.4, 0.5) is 0 Å². The van der Waals surface area contributed by atoms with Crippen LogP contribution < -0.4 is 0 Å². The number of aryl methyl sites for hydroxylation is 1. The zero-order valence-corrected chi connectivity index (χ0v) is 17.0. The predicted molar refractivity (Wildman–Crippen MR) is 114 cm³/mol. The number of piperidine rings is 1. The first-order chi connectivity index (χ1) is 13.6. The Bertz CT molecular complexity index is 880. The predicted octanol–water partition coefficient (Wildman–Crippen LogP) is 4.48. The minimum Gasteiger partial charge on any atom is -0.395 e. The summed E-state index contributed by atoms with van der Waals surface area (Å²) in [6, 6.07) is 13.7. The summed E-state index contributed by atoms with van der Waals surface area (Å²) in [6.07, 6.45) is 2.47. The van der Waals surface area contributed by atoms with E-state index in [1.54, 1.807) is 6.07 Å². The van der Waals surface area contributed by atoms with Crippen molar-refractivity contribution in [2.24, 2.45) is 5.92 Å². The van der Waals surface area contributed by atoms with E-state index >= 15 is 0 Å². The first-order valence-electron chi connectivity index (χ1n) is 9.78. The van der Waals surface area contributed by atoms with Gasteiger partial charge in [0.25, 0.3) is 0 Å². The van der Waals surface area contributed by atoms with Crippen LogP contribution in [-0.2, 0) is 6.54 Å². The number of hydrogen-bond donors (Lipinski definition) is 1. The molecule has 0 aliphatic carbocycles. The van der Waals surface area contributed by atoms with E-state index in [0.717, 1.165) is 49.2 Å². The molecule has 1 aliphatic rings. The quantitative estimate of drug-likeness (QED) is 0.599. The van der Waals surface area contributed by atoms with Crippen LogP contribution in [0.3, 0.4) is 0 Å². The van der Waals surface area contributed by atoms with Gasteiger partial charge in [0.05, 0.1) is 6.61 Å². The summed E-state index contributed by atoms with van der Waals surface area (Å²) in [5.74, 6) is 6.26. The topological polar surface area (TPSA) is 40.5 Å². The maximum absolute atomic E-state index is 13.0. The molecule has 3 rings (SSSR count). The summed E-state index contributed by atoms with van der Waals surface area (Å²) < 4.78 is 0. The van der Waals surface area contributed by atoms with Crippen molar-refractivity contribution in [3.63, 3.8) is 0 Å². The van der Waals surface area contributed by atoms with Gasteiger partial charge in [-0.1, -0.05) is 35.6 Å². The third kappa shape index (κ3) is 5.45. The molecule has 2 aromatic rings. The van der Waals surface area contributed by atoms with Gasteiger partial charge in [0.2, 0.25) is 0 Å². The van der Waals surface area contributed by atoms with E-state index in [0.29, 0.717) is 11.4 Å². The molecule has 1 aliphatic heterocycles. The second-order valence-corrected chi connectivity index (χ2v) is 7.81. The molecule has 0 bridgehead atoms. The number of hydrogen-bond acceptors (Lipinski definition) is 3. The molecule has 0 unspecified atom stereocenters. The third-order valence-corrected chi connectivity index (χ3v) is 5.39. The largest absolute Gasteiger partial charge is 0.395 e. The molecule has 0 saturated carbocycles. The van der Waals surface area contributed by atoms with Gasteiger partial charge in [-0.05, 0) is 67.8 Å². The molecule has 1 atom stereocenters. The molecule has 2 aromatic carbocycles. The highest BCUT2D eigenvalue weighted by atomic mass is 35.5. The van der Waals surface area contributed by atoms with Gasteiger partial charge < -0.3 is 5.11 Å². The molecule has 0 amide bonds. The summed E-state index contributed by atoms with van der Waals surface area (Å²) in [5.41, 5.74) is 3.93. The fourth-order valence-electron chi connectivity index (χ4n) is 3.71. The van der Waals surface area contributed by atoms with Gasteiger partial charge in [-0.25, -0.2) is 0 Å². The van der Waals surface area contributed by atoms with E-state index in [4.69, 9.17) is 16.7 Å². The van der Waals surface area contributed by atoms with Gasteiger partial charge >= 0.3 is 0 Å². The van der Waals surface area contributed by atoms with Crippen LogP contribution in [-0.4, -0.2) is 35.5 Å². The van der Waals surface area contributed by atoms with E-state index < -0.39 is 0 Å². The summed E-state index contributed by atoms with van der Waals surface area (Å²) in [7, 11) is 0. The van der Waals surface area contributed by atoms with Gasteiger partial charge in [0, 0.05) is 41.6 Å². The Hall–Kier alpha value is -2.12. The standard InChI is InChI=1S/C24H26ClNO2/c1-18-15-22(25)11-12-23(18)24(28)21-6-4-13-26(17-21)16-20-9-7-19(8-10-20)5-2-3-14-27/h7-12,15,21,27H,3-4,6,13-14,16-17H2,1H3/t21-/m0/s1. The molecule has 1 fully saturated rings. The molecule has 1 heterocycles. The number of aliphatic hydroxyl groups is 1. The molecule has 28 heavy (non-hydrogen) atoms. The van der Waals surface area contributed by atoms with Gasteiger partial charge in [-0.2, -0.15) is 0 Å². The summed E-state index contributed by atoms with van der Waals surface area (Å²) in [5, 5.41) is 9.46. The molecule has 0 aromatic heterocycles. The SMILES string of the molecule is Cc1cc(Cl)ccc1C(=O)[C@H]1CCCN(Cc2ccc(C#CCCO)cc2)C1. The number of likely N-dealkylation sites (tertiary alicyclic amines) is 1. The third-order valence-electron chi connectivity index (χ3n) is 5.16. The molecular formula is C24H26ClNO2. The maximum Gasteiger partial charge on any atom is 0.167 e. The number of carbonyl (C=O) groups excluding carboxylic acids is 1. The average Bonchev–Trinajstić information content (AvgIpc) is 2.69. The number of Topliss-reactive ketones (excluding diaryl/α,β-unsaturated/α-hetero) is 1. The normalized spacial score (nSPS) is 17.0. The number of ketones is 1. The summed E-state index contributed by atoms with van der Waals surface area (Å²) in [4.78, 5) is 15.4. The fourth-order valence-corrected chi connectivity index (χ4v) is 3.94. The van der Waals surface area contributed by atoms with Crippen LogP contribution >= 0.6 is 11.6 Å². The zero-order valence-electron chi connectivity index (χ0n) is 16.2. The number of aliphatic hydroxyl groups excluding tert-OH is 1. The highest BCUT2D eigenvalue weighted by molar-refractivity contribution is 6.30. The number of carbonyl (C=O) groups is 1. The first-order valence-corrected chi connectivity index (χ1v) is 10.2. The Labute approximate surface area is 172 Å². The number of rotatable bonds is 5. The van der Waals surface area contributed by atoms with Crippen LogP contribution in [0.15, 0.2) is 42.5 Å². The molecule has 0 radical (unpaired) electrons. The Kier molecular flexibility index (Phi) is 7.28. The monoisotopic (exact) mass is 395 g/mol. The van der Waals surface area contributed by atoms with E-state index in [1.165, 1.54) is 5.56 Å². The summed E-state index contributed by atoms with van der Waals surface area (Å²) >= 11 is 6.03. The first kappa shape index (κ1) is 20.6. The maximum atomic E-state index is 13.0. The Morgan fingerprint density at radius 1 is 1.25 bits per heavy atom. The Morgan fingerprint density at radius 2 is 2.04 bits per heavy atom. The minimum absolute atomic E-state index is 0.0391. The lowest BCUT2D eigenvalue weighted by atomic mass is 9.88. The number of nitrogens with zero attached hydrogens (tertiary/aromatic N) is 1. The Morgan fingerprint density at radius 3 is 2.75 bits per heavy atom. The molecule has 1 N–H and O–H groups in total. The fraction of sp³-hybridized carbons (Fsp3) is 0.375. The molecular weight excluding hydrogens is 370 g/mol. The van der Waals surface area contributed by atoms with Gasteiger partial charge in [-0.15, -0.1) is 0 Å². The van der Waals surface area contributed by atoms with E-state index in [1.807, 2.05) is 31.2 Å². The van der Waals surface area contributed by atoms with Crippen molar-refractivity contribution in [2.45, 2.75) is 32.7 Å². The number of benzene rings is 2. The summed E-state index contributed by atoms with van der Waals surface area (Å²) in [6.45, 7) is 4.69. The molecule has 4 heteroatoms. The van der Waals surface area contributed by atoms with Crippen molar-refractivity contribution in [3.05, 3.63) is 69.7 Å². The van der Waals surface area contributed by atoms with Crippen molar-refractivity contribution in [2.75, 3.05) is 19.7 Å². The van der Waals surface area contributed by atoms with Crippen molar-refractivity contribution in [1.29, 1.82) is 0 Å².